The summed E-state index contributed by atoms with van der Waals surface area (Å²) in [6.07, 6.45) is 3.65. The van der Waals surface area contributed by atoms with Crippen LogP contribution >= 0.6 is 0 Å². The number of carbonyl (C=O) groups excluding carboxylic acids is 1. The molecular weight excluding hydrogens is 330 g/mol. The van der Waals surface area contributed by atoms with Crippen molar-refractivity contribution in [1.82, 2.24) is 24.5 Å². The van der Waals surface area contributed by atoms with Gasteiger partial charge in [-0.25, -0.2) is 4.98 Å². The summed E-state index contributed by atoms with van der Waals surface area (Å²) in [6.45, 7) is 3.27. The van der Waals surface area contributed by atoms with Gasteiger partial charge in [0.15, 0.2) is 0 Å². The number of hydrogen-bond acceptors (Lipinski definition) is 4. The van der Waals surface area contributed by atoms with Crippen LogP contribution < -0.4 is 5.56 Å². The van der Waals surface area contributed by atoms with Crippen LogP contribution in [0.2, 0.25) is 0 Å². The maximum absolute atomic E-state index is 12.9. The summed E-state index contributed by atoms with van der Waals surface area (Å²) in [7, 11) is 0. The lowest BCUT2D eigenvalue weighted by Gasteiger charge is -2.25. The molecule has 7 heteroatoms. The molecule has 7 nitrogen and oxygen atoms in total. The topological polar surface area (TPSA) is 83.4 Å². The van der Waals surface area contributed by atoms with Crippen LogP contribution in [0.15, 0.2) is 35.1 Å². The van der Waals surface area contributed by atoms with Crippen LogP contribution in [0.4, 0.5) is 0 Å². The van der Waals surface area contributed by atoms with Crippen LogP contribution in [0.1, 0.15) is 46.7 Å². The second-order valence-electron chi connectivity index (χ2n) is 6.70. The third kappa shape index (κ3) is 3.00. The number of rotatable bonds is 3. The third-order valence-electron chi connectivity index (χ3n) is 4.86. The molecule has 0 aliphatic carbocycles. The molecule has 1 aliphatic heterocycles. The molecule has 3 aromatic rings. The van der Waals surface area contributed by atoms with E-state index in [1.54, 1.807) is 11.8 Å². The second-order valence-corrected chi connectivity index (χ2v) is 6.70. The fourth-order valence-electron chi connectivity index (χ4n) is 3.40. The van der Waals surface area contributed by atoms with Crippen molar-refractivity contribution in [2.24, 2.45) is 0 Å². The van der Waals surface area contributed by atoms with E-state index < -0.39 is 0 Å². The number of H-pyrrole nitrogens is 1. The van der Waals surface area contributed by atoms with Crippen molar-refractivity contribution in [1.29, 1.82) is 0 Å². The summed E-state index contributed by atoms with van der Waals surface area (Å²) in [6, 6.07) is 9.79. The Hall–Kier alpha value is -2.96. The molecule has 1 saturated heterocycles. The van der Waals surface area contributed by atoms with Gasteiger partial charge < -0.3 is 4.90 Å². The minimum Gasteiger partial charge on any atom is -0.336 e. The highest BCUT2D eigenvalue weighted by molar-refractivity contribution is 5.90. The molecule has 1 amide bonds. The maximum atomic E-state index is 12.9. The van der Waals surface area contributed by atoms with Crippen molar-refractivity contribution in [2.75, 3.05) is 13.1 Å². The Bertz CT molecular complexity index is 1000. The number of aryl methyl sites for hydroxylation is 1. The number of piperidine rings is 1. The van der Waals surface area contributed by atoms with E-state index in [1.165, 1.54) is 4.52 Å². The van der Waals surface area contributed by atoms with Gasteiger partial charge in [0.1, 0.15) is 0 Å². The number of carbonyl (C=O) groups is 1. The van der Waals surface area contributed by atoms with E-state index in [9.17, 15) is 9.59 Å². The molecule has 2 aromatic heterocycles. The fraction of sp³-hybridized carbons (Fsp3) is 0.368. The van der Waals surface area contributed by atoms with E-state index in [2.05, 4.69) is 15.1 Å². The summed E-state index contributed by atoms with van der Waals surface area (Å²) in [5.74, 6) is 0.245. The van der Waals surface area contributed by atoms with E-state index in [-0.39, 0.29) is 23.1 Å². The van der Waals surface area contributed by atoms with Gasteiger partial charge in [0, 0.05) is 25.1 Å². The van der Waals surface area contributed by atoms with Gasteiger partial charge in [-0.2, -0.15) is 9.50 Å². The normalized spacial score (nSPS) is 14.7. The number of fused-ring (bicyclic) bond motifs is 1. The van der Waals surface area contributed by atoms with E-state index in [4.69, 9.17) is 0 Å². The van der Waals surface area contributed by atoms with Crippen molar-refractivity contribution >= 4 is 11.7 Å². The highest BCUT2D eigenvalue weighted by Gasteiger charge is 2.23. The highest BCUT2D eigenvalue weighted by Crippen LogP contribution is 2.13. The maximum Gasteiger partial charge on any atom is 0.291 e. The molecule has 0 bridgehead atoms. The molecule has 3 heterocycles. The summed E-state index contributed by atoms with van der Waals surface area (Å²) >= 11 is 0. The first kappa shape index (κ1) is 16.5. The van der Waals surface area contributed by atoms with Crippen LogP contribution in [-0.2, 0) is 6.42 Å². The summed E-state index contributed by atoms with van der Waals surface area (Å²) in [5, 5.41) is 2.85. The zero-order valence-corrected chi connectivity index (χ0v) is 14.7. The number of aromatic nitrogens is 4. The molecule has 1 aromatic carbocycles. The van der Waals surface area contributed by atoms with Gasteiger partial charge in [0.2, 0.25) is 5.82 Å². The zero-order chi connectivity index (χ0) is 18.1. The average Bonchev–Trinajstić information content (AvgIpc) is 3.10. The molecule has 0 saturated carbocycles. The second kappa shape index (κ2) is 6.74. The molecule has 4 rings (SSSR count). The monoisotopic (exact) mass is 351 g/mol. The molecule has 1 aliphatic rings. The van der Waals surface area contributed by atoms with Gasteiger partial charge in [-0.05, 0) is 31.7 Å². The van der Waals surface area contributed by atoms with E-state index in [0.717, 1.165) is 37.9 Å². The smallest absolute Gasteiger partial charge is 0.291 e. The SMILES string of the molecule is Cc1nc2nc(C(=O)N3CCCCC3)[nH]n2c(=O)c1Cc1ccccc1. The third-order valence-corrected chi connectivity index (χ3v) is 4.86. The summed E-state index contributed by atoms with van der Waals surface area (Å²) in [4.78, 5) is 36.0. The quantitative estimate of drug-likeness (QED) is 0.782. The molecule has 0 spiro atoms. The zero-order valence-electron chi connectivity index (χ0n) is 14.7. The molecule has 26 heavy (non-hydrogen) atoms. The number of nitrogens with zero attached hydrogens (tertiary/aromatic N) is 4. The minimum atomic E-state index is -0.207. The van der Waals surface area contributed by atoms with Gasteiger partial charge in [-0.3, -0.25) is 14.7 Å². The summed E-state index contributed by atoms with van der Waals surface area (Å²) in [5.41, 5.74) is 2.08. The fourth-order valence-corrected chi connectivity index (χ4v) is 3.40. The first-order valence-electron chi connectivity index (χ1n) is 8.95. The van der Waals surface area contributed by atoms with Crippen LogP contribution in [0.3, 0.4) is 0 Å². The van der Waals surface area contributed by atoms with Crippen molar-refractivity contribution in [3.8, 4) is 0 Å². The van der Waals surface area contributed by atoms with E-state index in [1.807, 2.05) is 30.3 Å². The van der Waals surface area contributed by atoms with Gasteiger partial charge in [-0.1, -0.05) is 30.3 Å². The first-order valence-corrected chi connectivity index (χ1v) is 8.95. The number of likely N-dealkylation sites (tertiary alicyclic amines) is 1. The predicted octanol–water partition coefficient (Wildman–Crippen LogP) is 1.94. The molecule has 0 atom stereocenters. The summed E-state index contributed by atoms with van der Waals surface area (Å²) < 4.78 is 1.28. The minimum absolute atomic E-state index is 0.170. The van der Waals surface area contributed by atoms with Crippen molar-refractivity contribution < 1.29 is 4.79 Å². The lowest BCUT2D eigenvalue weighted by atomic mass is 10.1. The molecule has 0 unspecified atom stereocenters. The Balaban J connectivity index is 1.71. The van der Waals surface area contributed by atoms with Crippen LogP contribution in [0, 0.1) is 6.92 Å². The lowest BCUT2D eigenvalue weighted by Crippen LogP contribution is -2.36. The molecular formula is C19H21N5O2. The van der Waals surface area contributed by atoms with Crippen LogP contribution in [0.5, 0.6) is 0 Å². The Morgan fingerprint density at radius 3 is 2.58 bits per heavy atom. The number of nitrogens with one attached hydrogen (secondary N) is 1. The average molecular weight is 351 g/mol. The molecule has 1 N–H and O–H groups in total. The van der Waals surface area contributed by atoms with Crippen LogP contribution in [-0.4, -0.2) is 43.5 Å². The van der Waals surface area contributed by atoms with Crippen molar-refractivity contribution in [3.05, 3.63) is 63.3 Å². The largest absolute Gasteiger partial charge is 0.336 e. The molecule has 134 valence electrons. The number of amides is 1. The van der Waals surface area contributed by atoms with Crippen LogP contribution in [0.25, 0.3) is 5.78 Å². The lowest BCUT2D eigenvalue weighted by molar-refractivity contribution is 0.0712. The van der Waals surface area contributed by atoms with Gasteiger partial charge in [0.05, 0.1) is 5.69 Å². The first-order chi connectivity index (χ1) is 12.6. The Labute approximate surface area is 150 Å². The van der Waals surface area contributed by atoms with Crippen molar-refractivity contribution in [3.63, 3.8) is 0 Å². The van der Waals surface area contributed by atoms with Gasteiger partial charge >= 0.3 is 0 Å². The Morgan fingerprint density at radius 2 is 1.85 bits per heavy atom. The standard InChI is InChI=1S/C19H21N5O2/c1-13-15(12-14-8-4-2-5-9-14)17(25)24-19(20-13)21-16(22-24)18(26)23-10-6-3-7-11-23/h2,4-5,8-9H,3,6-7,10-12H2,1H3,(H,20,21,22). The Kier molecular flexibility index (Phi) is 4.28. The van der Waals surface area contributed by atoms with E-state index in [0.29, 0.717) is 17.7 Å². The number of aromatic amines is 1. The molecule has 1 fully saturated rings. The van der Waals surface area contributed by atoms with E-state index >= 15 is 0 Å². The van der Waals surface area contributed by atoms with Crippen molar-refractivity contribution in [2.45, 2.75) is 32.6 Å². The molecule has 0 radical (unpaired) electrons. The highest BCUT2D eigenvalue weighted by atomic mass is 16.2. The predicted molar refractivity (Wildman–Crippen MR) is 97.3 cm³/mol. The van der Waals surface area contributed by atoms with Gasteiger partial charge in [-0.15, -0.1) is 0 Å². The number of benzene rings is 1. The number of hydrogen-bond donors (Lipinski definition) is 1. The van der Waals surface area contributed by atoms with Gasteiger partial charge in [0.25, 0.3) is 17.2 Å². The Morgan fingerprint density at radius 1 is 1.12 bits per heavy atom.